The molecule has 0 N–H and O–H groups in total. The molecule has 0 fully saturated rings. The molecule has 0 saturated carbocycles. The van der Waals surface area contributed by atoms with Crippen LogP contribution in [0.1, 0.15) is 52.7 Å². The molecular weight excluding hydrogens is 1160 g/mol. The summed E-state index contributed by atoms with van der Waals surface area (Å²) in [5.41, 5.74) is 30.9. The fourth-order valence-electron chi connectivity index (χ4n) is 14.3. The van der Waals surface area contributed by atoms with Crippen molar-refractivity contribution in [3.05, 3.63) is 351 Å². The number of rotatable bonds is 12. The van der Waals surface area contributed by atoms with Gasteiger partial charge in [0.2, 0.25) is 0 Å². The molecule has 4 heteroatoms. The van der Waals surface area contributed by atoms with Gasteiger partial charge in [-0.3, -0.25) is 0 Å². The van der Waals surface area contributed by atoms with E-state index in [-0.39, 0.29) is 10.8 Å². The summed E-state index contributed by atoms with van der Waals surface area (Å²) in [6, 6.07) is 126. The van der Waals surface area contributed by atoms with Crippen LogP contribution in [0.5, 0.6) is 0 Å². The summed E-state index contributed by atoms with van der Waals surface area (Å²) in [4.78, 5) is 10.3. The molecule has 462 valence electrons. The van der Waals surface area contributed by atoms with Crippen LogP contribution >= 0.6 is 0 Å². The molecule has 96 heavy (non-hydrogen) atoms. The summed E-state index contributed by atoms with van der Waals surface area (Å²) in [6.45, 7) is 13.8. The first-order valence-corrected chi connectivity index (χ1v) is 33.5. The van der Waals surface area contributed by atoms with Crippen LogP contribution in [0, 0.1) is 0 Å². The van der Waals surface area contributed by atoms with Crippen molar-refractivity contribution >= 4 is 68.2 Å². The zero-order valence-corrected chi connectivity index (χ0v) is 55.1. The van der Waals surface area contributed by atoms with E-state index in [4.69, 9.17) is 0 Å². The zero-order valence-electron chi connectivity index (χ0n) is 55.1. The molecule has 0 aromatic heterocycles. The monoisotopic (exact) mass is 1230 g/mol. The minimum absolute atomic E-state index is 0.0609. The van der Waals surface area contributed by atoms with Gasteiger partial charge in [0.15, 0.2) is 0 Å². The zero-order chi connectivity index (χ0) is 65.1. The molecule has 2 aliphatic heterocycles. The second-order valence-electron chi connectivity index (χ2n) is 27.4. The summed E-state index contributed by atoms with van der Waals surface area (Å²) in [7, 11) is 0. The van der Waals surface area contributed by atoms with Crippen molar-refractivity contribution < 1.29 is 0 Å². The van der Waals surface area contributed by atoms with Crippen molar-refractivity contribution in [1.82, 2.24) is 0 Å². The maximum absolute atomic E-state index is 2.64. The van der Waals surface area contributed by atoms with Gasteiger partial charge in [0.1, 0.15) is 0 Å². The van der Waals surface area contributed by atoms with E-state index in [1.165, 1.54) is 11.1 Å². The molecule has 0 atom stereocenters. The van der Waals surface area contributed by atoms with Crippen LogP contribution in [0.4, 0.5) is 68.2 Å². The minimum Gasteiger partial charge on any atom is -0.310 e. The smallest absolute Gasteiger partial charge is 0.0949 e. The van der Waals surface area contributed by atoms with Crippen molar-refractivity contribution in [3.8, 4) is 77.9 Å². The van der Waals surface area contributed by atoms with Gasteiger partial charge in [-0.15, -0.1) is 0 Å². The van der Waals surface area contributed by atoms with Crippen molar-refractivity contribution in [1.29, 1.82) is 0 Å². The second-order valence-corrected chi connectivity index (χ2v) is 27.4. The molecule has 16 rings (SSSR count). The van der Waals surface area contributed by atoms with E-state index >= 15 is 0 Å². The largest absolute Gasteiger partial charge is 0.310 e. The van der Waals surface area contributed by atoms with E-state index in [1.54, 1.807) is 0 Å². The molecule has 0 radical (unpaired) electrons. The standard InChI is InChI=1S/C92H74N4/c1-91(2,3)74-47-51-76(52-48-74)93(77-53-49-75(50-54-77)92(4,5)6)78-61-87-90-88(62-78)96(89-80(72-39-24-37-68(57-72)63-27-12-7-13-28-63)42-26-43-81(89)73-40-25-38-69(58-73)64-29-14-8-15-30-64)86-60-71(66-33-18-10-19-34-66)46-56-84(86)95(90)83-55-45-70(65-31-16-9-17-32-65)59-85(83)94(87)82-44-23-22-41-79(82)67-35-20-11-21-36-67/h7-62H,1-6H3. The van der Waals surface area contributed by atoms with Crippen LogP contribution < -0.4 is 19.6 Å². The molecule has 4 nitrogen and oxygen atoms in total. The maximum Gasteiger partial charge on any atom is 0.0949 e. The fourth-order valence-corrected chi connectivity index (χ4v) is 14.3. The van der Waals surface area contributed by atoms with E-state index in [0.29, 0.717) is 0 Å². The van der Waals surface area contributed by atoms with Gasteiger partial charge in [0, 0.05) is 28.1 Å². The first kappa shape index (κ1) is 59.3. The Bertz CT molecular complexity index is 5010. The van der Waals surface area contributed by atoms with Crippen LogP contribution in [0.25, 0.3) is 77.9 Å². The predicted molar refractivity (Wildman–Crippen MR) is 408 cm³/mol. The van der Waals surface area contributed by atoms with E-state index in [2.05, 4.69) is 401 Å². The lowest BCUT2D eigenvalue weighted by molar-refractivity contribution is 0.590. The number of para-hydroxylation sites is 2. The van der Waals surface area contributed by atoms with Crippen molar-refractivity contribution in [2.75, 3.05) is 19.6 Å². The highest BCUT2D eigenvalue weighted by Crippen LogP contribution is 2.67. The molecule has 0 bridgehead atoms. The van der Waals surface area contributed by atoms with Gasteiger partial charge < -0.3 is 19.6 Å². The predicted octanol–water partition coefficient (Wildman–Crippen LogP) is 26.5. The third-order valence-corrected chi connectivity index (χ3v) is 19.2. The molecule has 14 aromatic carbocycles. The van der Waals surface area contributed by atoms with Crippen LogP contribution in [-0.4, -0.2) is 0 Å². The number of hydrogen-bond acceptors (Lipinski definition) is 4. The highest BCUT2D eigenvalue weighted by molar-refractivity contribution is 6.17. The first-order chi connectivity index (χ1) is 46.9. The topological polar surface area (TPSA) is 13.0 Å². The minimum atomic E-state index is -0.0609. The molecule has 0 spiro atoms. The lowest BCUT2D eigenvalue weighted by Gasteiger charge is -2.48. The van der Waals surface area contributed by atoms with Crippen LogP contribution in [0.15, 0.2) is 340 Å². The molecule has 0 aliphatic carbocycles. The number of benzene rings is 14. The SMILES string of the molecule is CC(C)(C)c1ccc(N(c2ccc(C(C)(C)C)cc2)c2cc3c4c(c2)N(c2c(-c5cccc(-c6ccccc6)c5)cccc2-c2cccc(-c5ccccc5)c2)c2cc(-c5ccccc5)ccc2N4c2ccc(-c4ccccc4)cc2N3c2ccccc2-c2ccccc2)cc1. The van der Waals surface area contributed by atoms with Crippen LogP contribution in [0.3, 0.4) is 0 Å². The van der Waals surface area contributed by atoms with Gasteiger partial charge >= 0.3 is 0 Å². The third-order valence-electron chi connectivity index (χ3n) is 19.2. The van der Waals surface area contributed by atoms with E-state index in [9.17, 15) is 0 Å². The summed E-state index contributed by atoms with van der Waals surface area (Å²) >= 11 is 0. The quantitative estimate of drug-likeness (QED) is 0.121. The van der Waals surface area contributed by atoms with Crippen molar-refractivity contribution in [2.45, 2.75) is 52.4 Å². The highest BCUT2D eigenvalue weighted by Gasteiger charge is 2.42. The normalized spacial score (nSPS) is 12.4. The molecule has 0 saturated heterocycles. The summed E-state index contributed by atoms with van der Waals surface area (Å²) in [5.74, 6) is 0. The van der Waals surface area contributed by atoms with Crippen molar-refractivity contribution in [3.63, 3.8) is 0 Å². The Morgan fingerprint density at radius 1 is 0.198 bits per heavy atom. The van der Waals surface area contributed by atoms with Crippen LogP contribution in [-0.2, 0) is 10.8 Å². The Kier molecular flexibility index (Phi) is 15.0. The van der Waals surface area contributed by atoms with Crippen molar-refractivity contribution in [2.24, 2.45) is 0 Å². The Labute approximate surface area is 565 Å². The van der Waals surface area contributed by atoms with E-state index < -0.39 is 0 Å². The summed E-state index contributed by atoms with van der Waals surface area (Å²) < 4.78 is 0. The van der Waals surface area contributed by atoms with E-state index in [1.807, 2.05) is 0 Å². The fraction of sp³-hybridized carbons (Fsp3) is 0.0870. The molecule has 2 aliphatic rings. The van der Waals surface area contributed by atoms with Gasteiger partial charge in [0.05, 0.1) is 56.9 Å². The van der Waals surface area contributed by atoms with Gasteiger partial charge in [0.25, 0.3) is 0 Å². The Morgan fingerprint density at radius 2 is 0.531 bits per heavy atom. The van der Waals surface area contributed by atoms with Gasteiger partial charge in [-0.1, -0.05) is 302 Å². The third kappa shape index (κ3) is 10.9. The molecule has 2 heterocycles. The maximum atomic E-state index is 2.64. The molecule has 14 aromatic rings. The first-order valence-electron chi connectivity index (χ1n) is 33.5. The Balaban J connectivity index is 1.07. The summed E-state index contributed by atoms with van der Waals surface area (Å²) in [6.07, 6.45) is 0. The van der Waals surface area contributed by atoms with Crippen LogP contribution in [0.2, 0.25) is 0 Å². The molecule has 0 amide bonds. The second kappa shape index (κ2) is 24.3. The highest BCUT2D eigenvalue weighted by atomic mass is 15.3. The lowest BCUT2D eigenvalue weighted by atomic mass is 9.86. The average Bonchev–Trinajstić information content (AvgIpc) is 0.690. The van der Waals surface area contributed by atoms with Gasteiger partial charge in [-0.25, -0.2) is 0 Å². The number of fused-ring (bicyclic) bond motifs is 4. The Hall–Kier alpha value is -11.7. The number of nitrogens with zero attached hydrogens (tertiary/aromatic N) is 4. The van der Waals surface area contributed by atoms with Gasteiger partial charge in [-0.2, -0.15) is 0 Å². The van der Waals surface area contributed by atoms with E-state index in [0.717, 1.165) is 146 Å². The molecule has 0 unspecified atom stereocenters. The lowest BCUT2D eigenvalue weighted by Crippen LogP contribution is -2.31. The number of anilines is 12. The number of hydrogen-bond donors (Lipinski definition) is 0. The van der Waals surface area contributed by atoms with Gasteiger partial charge in [-0.05, 0) is 162 Å². The summed E-state index contributed by atoms with van der Waals surface area (Å²) in [5, 5.41) is 0. The molecular formula is C92H74N4. The Morgan fingerprint density at radius 3 is 0.969 bits per heavy atom. The average molecular weight is 1240 g/mol.